The minimum Gasteiger partial charge on any atom is -0.246 e. The fourth-order valence-corrected chi connectivity index (χ4v) is 7.44. The molecule has 174 valence electrons. The van der Waals surface area contributed by atoms with Gasteiger partial charge in [0, 0.05) is 0 Å². The van der Waals surface area contributed by atoms with Gasteiger partial charge in [0.05, 0.1) is 0 Å². The Morgan fingerprint density at radius 1 is 0.613 bits per heavy atom. The lowest BCUT2D eigenvalue weighted by Gasteiger charge is -2.38. The molecule has 0 radical (unpaired) electrons. The van der Waals surface area contributed by atoms with Crippen LogP contribution in [0.25, 0.3) is 0 Å². The average Bonchev–Trinajstić information content (AvgIpc) is 2.84. The van der Waals surface area contributed by atoms with Crippen molar-refractivity contribution < 1.29 is 4.39 Å². The highest BCUT2D eigenvalue weighted by atomic mass is 19.1. The van der Waals surface area contributed by atoms with Gasteiger partial charge in [-0.15, -0.1) is 0 Å². The summed E-state index contributed by atoms with van der Waals surface area (Å²) in [5, 5.41) is 0. The van der Waals surface area contributed by atoms with Crippen molar-refractivity contribution in [3.63, 3.8) is 0 Å². The molecule has 0 heterocycles. The van der Waals surface area contributed by atoms with Crippen LogP contribution in [0.1, 0.15) is 127 Å². The highest BCUT2D eigenvalue weighted by Gasteiger charge is 2.31. The Balaban J connectivity index is 1.11. The molecule has 1 heteroatoms. The molecule has 0 bridgehead atoms. The van der Waals surface area contributed by atoms with E-state index < -0.39 is 0 Å². The lowest BCUT2D eigenvalue weighted by Crippen LogP contribution is -2.26. The molecular weight excluding hydrogens is 379 g/mol. The lowest BCUT2D eigenvalue weighted by atomic mass is 9.68. The van der Waals surface area contributed by atoms with Gasteiger partial charge in [-0.25, -0.2) is 4.39 Å². The van der Waals surface area contributed by atoms with Crippen molar-refractivity contribution in [2.45, 2.75) is 122 Å². The molecule has 0 aliphatic heterocycles. The molecule has 1 aromatic rings. The zero-order chi connectivity index (χ0) is 21.5. The van der Waals surface area contributed by atoms with Crippen LogP contribution < -0.4 is 0 Å². The van der Waals surface area contributed by atoms with E-state index >= 15 is 0 Å². The number of hydrogen-bond donors (Lipinski definition) is 0. The summed E-state index contributed by atoms with van der Waals surface area (Å²) >= 11 is 0. The van der Waals surface area contributed by atoms with Gasteiger partial charge in [0.2, 0.25) is 0 Å². The van der Waals surface area contributed by atoms with Crippen molar-refractivity contribution in [1.29, 1.82) is 0 Å². The molecular formula is C30H47F. The molecule has 3 aliphatic carbocycles. The van der Waals surface area contributed by atoms with Crippen molar-refractivity contribution >= 4 is 0 Å². The fourth-order valence-electron chi connectivity index (χ4n) is 7.44. The third-order valence-corrected chi connectivity index (χ3v) is 9.58. The summed E-state index contributed by atoms with van der Waals surface area (Å²) < 4.78 is 12.7. The summed E-state index contributed by atoms with van der Waals surface area (Å²) in [4.78, 5) is 0. The van der Waals surface area contributed by atoms with E-state index in [2.05, 4.69) is 19.1 Å². The first-order valence-corrected chi connectivity index (χ1v) is 13.9. The Morgan fingerprint density at radius 3 is 1.52 bits per heavy atom. The molecule has 0 N–H and O–H groups in total. The van der Waals surface area contributed by atoms with Crippen molar-refractivity contribution in [2.24, 2.45) is 29.6 Å². The van der Waals surface area contributed by atoms with Gasteiger partial charge in [-0.2, -0.15) is 0 Å². The second kappa shape index (κ2) is 11.9. The summed E-state index contributed by atoms with van der Waals surface area (Å²) in [6.07, 6.45) is 23.6. The van der Waals surface area contributed by atoms with Crippen molar-refractivity contribution in [3.05, 3.63) is 35.4 Å². The van der Waals surface area contributed by atoms with Gasteiger partial charge < -0.3 is 0 Å². The largest absolute Gasteiger partial charge is 0.246 e. The van der Waals surface area contributed by atoms with E-state index in [4.69, 9.17) is 0 Å². The van der Waals surface area contributed by atoms with E-state index in [0.717, 1.165) is 35.2 Å². The maximum absolute atomic E-state index is 12.7. The quantitative estimate of drug-likeness (QED) is 0.388. The van der Waals surface area contributed by atoms with E-state index in [9.17, 15) is 4.39 Å². The van der Waals surface area contributed by atoms with Crippen LogP contribution in [0.4, 0.5) is 4.39 Å². The van der Waals surface area contributed by atoms with E-state index in [1.54, 1.807) is 12.8 Å². The second-order valence-corrected chi connectivity index (χ2v) is 11.5. The molecule has 3 saturated carbocycles. The van der Waals surface area contributed by atoms with Crippen molar-refractivity contribution in [2.75, 3.05) is 0 Å². The zero-order valence-electron chi connectivity index (χ0n) is 20.2. The second-order valence-electron chi connectivity index (χ2n) is 11.5. The third kappa shape index (κ3) is 6.58. The maximum atomic E-state index is 12.7. The first-order chi connectivity index (χ1) is 15.2. The van der Waals surface area contributed by atoms with Crippen molar-refractivity contribution in [1.82, 2.24) is 0 Å². The highest BCUT2D eigenvalue weighted by molar-refractivity contribution is 5.25. The summed E-state index contributed by atoms with van der Waals surface area (Å²) in [6.45, 7) is 2.02. The Hall–Kier alpha value is -0.850. The summed E-state index contributed by atoms with van der Waals surface area (Å²) in [5.74, 6) is 5.91. The number of benzene rings is 1. The van der Waals surface area contributed by atoms with Gasteiger partial charge in [-0.1, -0.05) is 82.6 Å². The van der Waals surface area contributed by atoms with E-state index in [-0.39, 0.29) is 6.67 Å². The lowest BCUT2D eigenvalue weighted by molar-refractivity contribution is 0.137. The number of rotatable bonds is 8. The zero-order valence-corrected chi connectivity index (χ0v) is 20.2. The van der Waals surface area contributed by atoms with Crippen LogP contribution in [0.5, 0.6) is 0 Å². The predicted octanol–water partition coefficient (Wildman–Crippen LogP) is 9.62. The van der Waals surface area contributed by atoms with E-state index in [0.29, 0.717) is 5.92 Å². The summed E-state index contributed by atoms with van der Waals surface area (Å²) in [5.41, 5.74) is 2.26. The third-order valence-electron chi connectivity index (χ3n) is 9.58. The van der Waals surface area contributed by atoms with Gasteiger partial charge >= 0.3 is 0 Å². The van der Waals surface area contributed by atoms with Gasteiger partial charge in [0.15, 0.2) is 0 Å². The van der Waals surface area contributed by atoms with Crippen LogP contribution in [-0.4, -0.2) is 0 Å². The predicted molar refractivity (Wildman–Crippen MR) is 131 cm³/mol. The molecule has 3 fully saturated rings. The fraction of sp³-hybridized carbons (Fsp3) is 0.800. The normalized spacial score (nSPS) is 34.5. The van der Waals surface area contributed by atoms with E-state index in [1.165, 1.54) is 95.5 Å². The Labute approximate surface area is 191 Å². The van der Waals surface area contributed by atoms with Gasteiger partial charge in [0.1, 0.15) is 6.67 Å². The Morgan fingerprint density at radius 2 is 1.06 bits per heavy atom. The first kappa shape index (κ1) is 23.3. The molecule has 4 rings (SSSR count). The minimum absolute atomic E-state index is 0.338. The number of halogens is 1. The van der Waals surface area contributed by atoms with Crippen LogP contribution in [0.15, 0.2) is 24.3 Å². The first-order valence-electron chi connectivity index (χ1n) is 13.9. The Bertz CT molecular complexity index is 610. The van der Waals surface area contributed by atoms with Crippen LogP contribution in [0, 0.1) is 29.6 Å². The van der Waals surface area contributed by atoms with Crippen LogP contribution >= 0.6 is 0 Å². The minimum atomic E-state index is -0.338. The topological polar surface area (TPSA) is 0 Å². The van der Waals surface area contributed by atoms with Gasteiger partial charge in [-0.3, -0.25) is 0 Å². The van der Waals surface area contributed by atoms with Crippen molar-refractivity contribution in [3.8, 4) is 0 Å². The van der Waals surface area contributed by atoms with Crippen LogP contribution in [-0.2, 0) is 6.67 Å². The van der Waals surface area contributed by atoms with Crippen LogP contribution in [0.2, 0.25) is 0 Å². The SMILES string of the molecule is CCC[C@H]1CC[C@H](C2CCC(CC[C@H]3CC[C@H](c4ccc(CF)cc4)CC3)CC2)CC1. The molecule has 3 aliphatic rings. The molecule has 0 atom stereocenters. The summed E-state index contributed by atoms with van der Waals surface area (Å²) in [7, 11) is 0. The smallest absolute Gasteiger partial charge is 0.115 e. The molecule has 0 spiro atoms. The number of alkyl halides is 1. The van der Waals surface area contributed by atoms with Gasteiger partial charge in [0.25, 0.3) is 0 Å². The standard InChI is InChI=1S/C30H47F/c1-2-3-23-6-14-27(15-7-23)28-16-8-24(9-17-28)4-5-25-10-18-29(19-11-25)30-20-12-26(22-31)13-21-30/h12-13,20-21,23-25,27-29H,2-11,14-19,22H2,1H3/t23-,24?,25-,27-,28?,29-. The summed E-state index contributed by atoms with van der Waals surface area (Å²) in [6, 6.07) is 8.31. The molecule has 0 nitrogen and oxygen atoms in total. The molecule has 0 aromatic heterocycles. The molecule has 0 amide bonds. The Kier molecular flexibility index (Phi) is 8.91. The molecule has 1 aromatic carbocycles. The molecule has 31 heavy (non-hydrogen) atoms. The highest BCUT2D eigenvalue weighted by Crippen LogP contribution is 2.44. The molecule has 0 unspecified atom stereocenters. The molecule has 0 saturated heterocycles. The maximum Gasteiger partial charge on any atom is 0.115 e. The van der Waals surface area contributed by atoms with Crippen LogP contribution in [0.3, 0.4) is 0 Å². The monoisotopic (exact) mass is 426 g/mol. The average molecular weight is 427 g/mol. The van der Waals surface area contributed by atoms with Gasteiger partial charge in [-0.05, 0) is 98.0 Å². The van der Waals surface area contributed by atoms with E-state index in [1.807, 2.05) is 12.1 Å². The number of hydrogen-bond acceptors (Lipinski definition) is 0.